The molecule has 3 amide bonds. The molecule has 1 fully saturated rings. The highest BCUT2D eigenvalue weighted by Gasteiger charge is 2.24. The molecule has 0 unspecified atom stereocenters. The van der Waals surface area contributed by atoms with E-state index in [1.54, 1.807) is 9.80 Å². The lowest BCUT2D eigenvalue weighted by atomic mass is 9.87. The van der Waals surface area contributed by atoms with E-state index in [1.807, 2.05) is 43.3 Å². The second kappa shape index (κ2) is 9.86. The first-order valence-corrected chi connectivity index (χ1v) is 10.9. The van der Waals surface area contributed by atoms with Crippen LogP contribution in [-0.4, -0.2) is 54.5 Å². The van der Waals surface area contributed by atoms with Crippen molar-refractivity contribution in [3.63, 3.8) is 0 Å². The number of ether oxygens (including phenoxy) is 1. The van der Waals surface area contributed by atoms with Crippen LogP contribution in [0, 0.1) is 0 Å². The smallest absolute Gasteiger partial charge is 0.317 e. The summed E-state index contributed by atoms with van der Waals surface area (Å²) in [6.07, 6.45) is 0. The third kappa shape index (κ3) is 6.00. The molecule has 1 aliphatic rings. The van der Waals surface area contributed by atoms with Gasteiger partial charge in [-0.15, -0.1) is 0 Å². The number of amides is 3. The average Bonchev–Trinajstić information content (AvgIpc) is 2.77. The largest absolute Gasteiger partial charge is 0.489 e. The van der Waals surface area contributed by atoms with E-state index in [-0.39, 0.29) is 17.4 Å². The van der Waals surface area contributed by atoms with Crippen LogP contribution in [0.4, 0.5) is 4.79 Å². The predicted molar refractivity (Wildman–Crippen MR) is 122 cm³/mol. The Hall–Kier alpha value is -3.02. The fraction of sp³-hybridized carbons (Fsp3) is 0.440. The highest BCUT2D eigenvalue weighted by molar-refractivity contribution is 5.94. The minimum absolute atomic E-state index is 0.000729. The van der Waals surface area contributed by atoms with E-state index in [0.717, 1.165) is 11.3 Å². The van der Waals surface area contributed by atoms with Crippen molar-refractivity contribution in [2.24, 2.45) is 0 Å². The molecule has 0 atom stereocenters. The summed E-state index contributed by atoms with van der Waals surface area (Å²) in [5, 5.41) is 2.80. The van der Waals surface area contributed by atoms with Crippen molar-refractivity contribution in [3.05, 3.63) is 65.2 Å². The molecule has 1 aliphatic heterocycles. The molecule has 2 aromatic carbocycles. The first-order valence-electron chi connectivity index (χ1n) is 10.9. The summed E-state index contributed by atoms with van der Waals surface area (Å²) in [5.41, 5.74) is 3.06. The van der Waals surface area contributed by atoms with Gasteiger partial charge >= 0.3 is 6.03 Å². The highest BCUT2D eigenvalue weighted by atomic mass is 16.5. The number of carbonyl (C=O) groups is 2. The number of hydrogen-bond donors (Lipinski definition) is 1. The van der Waals surface area contributed by atoms with Gasteiger partial charge in [0.2, 0.25) is 0 Å². The maximum Gasteiger partial charge on any atom is 0.317 e. The fourth-order valence-corrected chi connectivity index (χ4v) is 3.52. The third-order valence-corrected chi connectivity index (χ3v) is 5.51. The summed E-state index contributed by atoms with van der Waals surface area (Å²) in [6.45, 7) is 11.7. The van der Waals surface area contributed by atoms with Gasteiger partial charge in [0.1, 0.15) is 12.4 Å². The van der Waals surface area contributed by atoms with Crippen LogP contribution in [0.5, 0.6) is 5.75 Å². The van der Waals surface area contributed by atoms with Gasteiger partial charge in [0.05, 0.1) is 0 Å². The van der Waals surface area contributed by atoms with Crippen LogP contribution >= 0.6 is 0 Å². The van der Waals surface area contributed by atoms with Gasteiger partial charge in [-0.05, 0) is 47.7 Å². The zero-order valence-electron chi connectivity index (χ0n) is 19.0. The summed E-state index contributed by atoms with van der Waals surface area (Å²) in [7, 11) is 0. The number of carbonyl (C=O) groups excluding carboxylic acids is 2. The summed E-state index contributed by atoms with van der Waals surface area (Å²) < 4.78 is 5.89. The maximum absolute atomic E-state index is 12.8. The molecular weight excluding hydrogens is 390 g/mol. The third-order valence-electron chi connectivity index (χ3n) is 5.51. The SMILES string of the molecule is CCNC(=O)N1CCN(C(=O)c2ccc(COc3ccc(C(C)(C)C)cc3)cc2)CC1. The Kier molecular flexibility index (Phi) is 7.21. The Balaban J connectivity index is 1.51. The molecule has 2 aromatic rings. The Labute approximate surface area is 185 Å². The standard InChI is InChI=1S/C25H33N3O3/c1-5-26-24(30)28-16-14-27(15-17-28)23(29)20-8-6-19(7-9-20)18-31-22-12-10-21(11-13-22)25(2,3)4/h6-13H,5,14-18H2,1-4H3,(H,26,30). The van der Waals surface area contributed by atoms with Crippen molar-refractivity contribution < 1.29 is 14.3 Å². The lowest BCUT2D eigenvalue weighted by Crippen LogP contribution is -2.53. The monoisotopic (exact) mass is 423 g/mol. The topological polar surface area (TPSA) is 61.9 Å². The molecule has 0 aromatic heterocycles. The van der Waals surface area contributed by atoms with Crippen LogP contribution in [0.1, 0.15) is 49.2 Å². The Morgan fingerprint density at radius 1 is 0.903 bits per heavy atom. The normalized spacial score (nSPS) is 14.3. The minimum atomic E-state index is -0.0630. The zero-order chi connectivity index (χ0) is 22.4. The van der Waals surface area contributed by atoms with E-state index in [4.69, 9.17) is 4.74 Å². The van der Waals surface area contributed by atoms with Gasteiger partial charge in [0.25, 0.3) is 5.91 Å². The molecule has 1 heterocycles. The van der Waals surface area contributed by atoms with Crippen LogP contribution in [0.2, 0.25) is 0 Å². The quantitative estimate of drug-likeness (QED) is 0.789. The lowest BCUT2D eigenvalue weighted by Gasteiger charge is -2.34. The van der Waals surface area contributed by atoms with Crippen LogP contribution in [0.3, 0.4) is 0 Å². The number of piperazine rings is 1. The van der Waals surface area contributed by atoms with Crippen LogP contribution in [0.15, 0.2) is 48.5 Å². The zero-order valence-corrected chi connectivity index (χ0v) is 19.0. The Bertz CT molecular complexity index is 878. The van der Waals surface area contributed by atoms with Crippen molar-refractivity contribution in [2.45, 2.75) is 39.7 Å². The first kappa shape index (κ1) is 22.7. The summed E-state index contributed by atoms with van der Waals surface area (Å²) in [5.74, 6) is 0.832. The van der Waals surface area contributed by atoms with Crippen molar-refractivity contribution >= 4 is 11.9 Å². The van der Waals surface area contributed by atoms with Gasteiger partial charge in [-0.2, -0.15) is 0 Å². The van der Waals surface area contributed by atoms with E-state index < -0.39 is 0 Å². The summed E-state index contributed by atoms with van der Waals surface area (Å²) in [6, 6.07) is 15.7. The van der Waals surface area contributed by atoms with Crippen molar-refractivity contribution in [1.82, 2.24) is 15.1 Å². The summed E-state index contributed by atoms with van der Waals surface area (Å²) >= 11 is 0. The molecule has 1 saturated heterocycles. The van der Waals surface area contributed by atoms with Crippen molar-refractivity contribution in [2.75, 3.05) is 32.7 Å². The van der Waals surface area contributed by atoms with E-state index in [9.17, 15) is 9.59 Å². The van der Waals surface area contributed by atoms with E-state index in [1.165, 1.54) is 5.56 Å². The molecular formula is C25H33N3O3. The molecule has 1 N–H and O–H groups in total. The van der Waals surface area contributed by atoms with E-state index in [0.29, 0.717) is 44.9 Å². The number of benzene rings is 2. The highest BCUT2D eigenvalue weighted by Crippen LogP contribution is 2.24. The fourth-order valence-electron chi connectivity index (χ4n) is 3.52. The molecule has 0 aliphatic carbocycles. The number of rotatable bonds is 5. The Morgan fingerprint density at radius 3 is 2.03 bits per heavy atom. The van der Waals surface area contributed by atoms with Crippen LogP contribution < -0.4 is 10.1 Å². The van der Waals surface area contributed by atoms with Gasteiger partial charge in [0.15, 0.2) is 0 Å². The Morgan fingerprint density at radius 2 is 1.48 bits per heavy atom. The molecule has 0 radical (unpaired) electrons. The molecule has 0 spiro atoms. The number of hydrogen-bond acceptors (Lipinski definition) is 3. The second-order valence-electron chi connectivity index (χ2n) is 8.87. The minimum Gasteiger partial charge on any atom is -0.489 e. The lowest BCUT2D eigenvalue weighted by molar-refractivity contribution is 0.0665. The average molecular weight is 424 g/mol. The molecule has 0 saturated carbocycles. The van der Waals surface area contributed by atoms with E-state index >= 15 is 0 Å². The van der Waals surface area contributed by atoms with Gasteiger partial charge in [-0.25, -0.2) is 4.79 Å². The van der Waals surface area contributed by atoms with E-state index in [2.05, 4.69) is 38.2 Å². The second-order valence-corrected chi connectivity index (χ2v) is 8.87. The number of nitrogens with one attached hydrogen (secondary N) is 1. The van der Waals surface area contributed by atoms with Gasteiger partial charge < -0.3 is 19.9 Å². The molecule has 0 bridgehead atoms. The van der Waals surface area contributed by atoms with Crippen molar-refractivity contribution in [1.29, 1.82) is 0 Å². The first-order chi connectivity index (χ1) is 14.8. The number of nitrogens with zero attached hydrogens (tertiary/aromatic N) is 2. The molecule has 166 valence electrons. The molecule has 6 heteroatoms. The molecule has 31 heavy (non-hydrogen) atoms. The molecule has 3 rings (SSSR count). The van der Waals surface area contributed by atoms with Gasteiger partial charge in [0, 0.05) is 38.3 Å². The van der Waals surface area contributed by atoms with Gasteiger partial charge in [-0.3, -0.25) is 4.79 Å². The molecule has 6 nitrogen and oxygen atoms in total. The predicted octanol–water partition coefficient (Wildman–Crippen LogP) is 4.05. The maximum atomic E-state index is 12.8. The van der Waals surface area contributed by atoms with Gasteiger partial charge in [-0.1, -0.05) is 45.0 Å². The van der Waals surface area contributed by atoms with Crippen molar-refractivity contribution in [3.8, 4) is 5.75 Å². The van der Waals surface area contributed by atoms with Crippen LogP contribution in [0.25, 0.3) is 0 Å². The number of urea groups is 1. The summed E-state index contributed by atoms with van der Waals surface area (Å²) in [4.78, 5) is 28.2. The van der Waals surface area contributed by atoms with Crippen LogP contribution in [-0.2, 0) is 12.0 Å².